The van der Waals surface area contributed by atoms with E-state index in [2.05, 4.69) is 0 Å². The van der Waals surface area contributed by atoms with Crippen LogP contribution in [-0.2, 0) is 0 Å². The van der Waals surface area contributed by atoms with Gasteiger partial charge in [-0.25, -0.2) is 8.78 Å². The van der Waals surface area contributed by atoms with Crippen LogP contribution in [0.1, 0.15) is 0 Å². The van der Waals surface area contributed by atoms with Crippen molar-refractivity contribution in [1.29, 1.82) is 0 Å². The van der Waals surface area contributed by atoms with Crippen LogP contribution < -0.4 is 4.70 Å². The molecule has 0 saturated carbocycles. The summed E-state index contributed by atoms with van der Waals surface area (Å²) in [5, 5.41) is 0. The summed E-state index contributed by atoms with van der Waals surface area (Å²) in [5.41, 5.74) is 0. The van der Waals surface area contributed by atoms with Crippen molar-refractivity contribution in [2.24, 2.45) is 0 Å². The minimum Gasteiger partial charge on any atom is -1.00 e. The number of hydrogen-bond donors (Lipinski definition) is 0. The molecule has 0 spiro atoms. The van der Waals surface area contributed by atoms with Crippen LogP contribution in [-0.4, -0.2) is 41.1 Å². The van der Waals surface area contributed by atoms with E-state index in [4.69, 9.17) is 0 Å². The van der Waals surface area contributed by atoms with Crippen LogP contribution >= 0.6 is 0 Å². The van der Waals surface area contributed by atoms with E-state index >= 15 is 0 Å². The Morgan fingerprint density at radius 1 is 0.733 bits per heavy atom. The fourth-order valence-corrected chi connectivity index (χ4v) is 0.297. The number of halogens is 10. The zero-order valence-electron chi connectivity index (χ0n) is 6.49. The van der Waals surface area contributed by atoms with Crippen molar-refractivity contribution in [3.8, 4) is 0 Å². The largest absolute Gasteiger partial charge is 2.00 e. The minimum absolute atomic E-state index is 0. The normalized spacial score (nSPS) is 13.2. The molecule has 0 aromatic carbocycles. The van der Waals surface area contributed by atoms with Crippen LogP contribution in [0.4, 0.5) is 39.5 Å². The SMILES string of the molecule is F[C-](F)C(F)(F)C(F)(F)C(F)(F)F.[F-].[Mg+2]. The molecule has 11 heteroatoms. The maximum Gasteiger partial charge on any atom is 2.00 e. The van der Waals surface area contributed by atoms with Crippen molar-refractivity contribution in [1.82, 2.24) is 0 Å². The Hall–Kier alpha value is 0.0662. The van der Waals surface area contributed by atoms with Crippen LogP contribution in [0.25, 0.3) is 0 Å². The van der Waals surface area contributed by atoms with Gasteiger partial charge < -0.3 is 13.5 Å². The van der Waals surface area contributed by atoms with E-state index in [-0.39, 0.29) is 27.8 Å². The molecule has 0 N–H and O–H groups in total. The molecule has 0 nitrogen and oxygen atoms in total. The van der Waals surface area contributed by atoms with Crippen LogP contribution in [0.5, 0.6) is 0 Å². The predicted octanol–water partition coefficient (Wildman–Crippen LogP) is -0.129. The van der Waals surface area contributed by atoms with Crippen molar-refractivity contribution < 1.29 is 44.2 Å². The van der Waals surface area contributed by atoms with Gasteiger partial charge in [-0.3, -0.25) is 0 Å². The molecule has 0 radical (unpaired) electrons. The third-order valence-corrected chi connectivity index (χ3v) is 0.988. The van der Waals surface area contributed by atoms with Gasteiger partial charge in [0.25, 0.3) is 5.92 Å². The molecule has 0 rings (SSSR count). The van der Waals surface area contributed by atoms with Gasteiger partial charge in [-0.15, -0.1) is 0 Å². The molecule has 15 heavy (non-hydrogen) atoms. The molecule has 0 unspecified atom stereocenters. The Kier molecular flexibility index (Phi) is 7.39. The summed E-state index contributed by atoms with van der Waals surface area (Å²) in [7, 11) is 0. The Morgan fingerprint density at radius 3 is 1.07 bits per heavy atom. The zero-order chi connectivity index (χ0) is 11.1. The molecule has 0 saturated heterocycles. The van der Waals surface area contributed by atoms with E-state index in [1.807, 2.05) is 0 Å². The fraction of sp³-hybridized carbons (Fsp3) is 0.750. The van der Waals surface area contributed by atoms with E-state index in [9.17, 15) is 39.5 Å². The maximum absolute atomic E-state index is 11.6. The number of hydrogen-bond acceptors (Lipinski definition) is 0. The minimum atomic E-state index is -6.77. The summed E-state index contributed by atoms with van der Waals surface area (Å²) < 4.78 is 102. The van der Waals surface area contributed by atoms with Gasteiger partial charge in [0.15, 0.2) is 0 Å². The monoisotopic (exact) mass is 262 g/mol. The second-order valence-electron chi connectivity index (χ2n) is 1.91. The smallest absolute Gasteiger partial charge is 1.00 e. The summed E-state index contributed by atoms with van der Waals surface area (Å²) in [6.07, 6.45) is -11.0. The summed E-state index contributed by atoms with van der Waals surface area (Å²) in [4.78, 5) is 0. The van der Waals surface area contributed by atoms with Gasteiger partial charge in [0.1, 0.15) is 0 Å². The number of rotatable bonds is 2. The molecule has 0 fully saturated rings. The summed E-state index contributed by atoms with van der Waals surface area (Å²) in [5.74, 6) is -13.3. The molecule has 0 aromatic rings. The molecule has 0 atom stereocenters. The maximum atomic E-state index is 11.6. The molecule has 0 aliphatic rings. The molecule has 0 heterocycles. The van der Waals surface area contributed by atoms with Crippen LogP contribution in [0.3, 0.4) is 0 Å². The first-order chi connectivity index (χ1) is 5.44. The van der Waals surface area contributed by atoms with E-state index < -0.39 is 24.4 Å². The molecule has 0 aliphatic carbocycles. The Labute approximate surface area is 92.3 Å². The van der Waals surface area contributed by atoms with Gasteiger partial charge in [0.05, 0.1) is 6.43 Å². The number of alkyl halides is 7. The van der Waals surface area contributed by atoms with Gasteiger partial charge in [-0.2, -0.15) is 22.0 Å². The van der Waals surface area contributed by atoms with Gasteiger partial charge >= 0.3 is 35.2 Å². The standard InChI is InChI=1S/C4F9.FH.Mg/c5-1(6)2(7,8)3(9,10)4(11,12)13;;/h;1H;/q-1;;+2/p-1. The van der Waals surface area contributed by atoms with Crippen molar-refractivity contribution in [3.05, 3.63) is 6.43 Å². The fourth-order valence-electron chi connectivity index (χ4n) is 0.297. The van der Waals surface area contributed by atoms with E-state index in [0.717, 1.165) is 0 Å². The van der Waals surface area contributed by atoms with Gasteiger partial charge in [0, 0.05) is 0 Å². The average molecular weight is 262 g/mol. The Bertz CT molecular complexity index is 182. The second kappa shape index (κ2) is 5.41. The molecule has 0 amide bonds. The summed E-state index contributed by atoms with van der Waals surface area (Å²) in [6.45, 7) is 0. The molecule has 88 valence electrons. The van der Waals surface area contributed by atoms with Crippen molar-refractivity contribution >= 4 is 23.1 Å². The third-order valence-electron chi connectivity index (χ3n) is 0.988. The summed E-state index contributed by atoms with van der Waals surface area (Å²) in [6, 6.07) is 0. The third kappa shape index (κ3) is 3.54. The van der Waals surface area contributed by atoms with Crippen molar-refractivity contribution in [3.63, 3.8) is 0 Å². The quantitative estimate of drug-likeness (QED) is 0.369. The van der Waals surface area contributed by atoms with E-state index in [0.29, 0.717) is 0 Å². The Balaban J connectivity index is -0.000000720. The average Bonchev–Trinajstić information content (AvgIpc) is 1.84. The first kappa shape index (κ1) is 20.5. The molecular weight excluding hydrogens is 262 g/mol. The van der Waals surface area contributed by atoms with Gasteiger partial charge in [0.2, 0.25) is 0 Å². The zero-order valence-corrected chi connectivity index (χ0v) is 7.90. The first-order valence-corrected chi connectivity index (χ1v) is 2.45. The predicted molar refractivity (Wildman–Crippen MR) is 27.2 cm³/mol. The van der Waals surface area contributed by atoms with Gasteiger partial charge in [-0.1, -0.05) is 0 Å². The molecular formula is C4F10Mg. The topological polar surface area (TPSA) is 0 Å². The first-order valence-electron chi connectivity index (χ1n) is 2.45. The second-order valence-corrected chi connectivity index (χ2v) is 1.91. The van der Waals surface area contributed by atoms with Crippen LogP contribution in [0.15, 0.2) is 0 Å². The Morgan fingerprint density at radius 2 is 1.00 bits per heavy atom. The van der Waals surface area contributed by atoms with Crippen LogP contribution in [0, 0.1) is 6.43 Å². The van der Waals surface area contributed by atoms with Gasteiger partial charge in [-0.05, 0) is 0 Å². The summed E-state index contributed by atoms with van der Waals surface area (Å²) >= 11 is 0. The van der Waals surface area contributed by atoms with Crippen molar-refractivity contribution in [2.75, 3.05) is 0 Å². The molecule has 0 aromatic heterocycles. The van der Waals surface area contributed by atoms with Crippen molar-refractivity contribution in [2.45, 2.75) is 18.0 Å². The molecule has 0 aliphatic heterocycles. The molecule has 0 bridgehead atoms. The van der Waals surface area contributed by atoms with E-state index in [1.165, 1.54) is 0 Å². The van der Waals surface area contributed by atoms with E-state index in [1.54, 1.807) is 0 Å². The van der Waals surface area contributed by atoms with Crippen LogP contribution in [0.2, 0.25) is 0 Å².